The standard InChI is InChI=1S/C26H22Cl2F2N6O2/c27-18-6-2-1-5-16(18)17-11-35(25-22(17)24(31)33-13-34-25)12-21(37)36-10-15(29)8-20(36)26(38)32-9-14-4-3-7-19(28)23(14)30/h1-7,11,13,15,20H,8-10,12H2,(H,32,38)(H2,31,33,34)/t15-,20-/m1/s1. The van der Waals surface area contributed by atoms with Gasteiger partial charge in [0.15, 0.2) is 0 Å². The molecular formula is C26H22Cl2F2N6O2. The lowest BCUT2D eigenvalue weighted by atomic mass is 10.1. The highest BCUT2D eigenvalue weighted by Crippen LogP contribution is 2.36. The number of amides is 2. The molecule has 1 aliphatic rings. The van der Waals surface area contributed by atoms with E-state index in [0.29, 0.717) is 27.2 Å². The Labute approximate surface area is 226 Å². The van der Waals surface area contributed by atoms with Gasteiger partial charge >= 0.3 is 0 Å². The number of hydrogen-bond acceptors (Lipinski definition) is 5. The first-order valence-electron chi connectivity index (χ1n) is 11.7. The molecule has 2 amide bonds. The minimum atomic E-state index is -1.38. The van der Waals surface area contributed by atoms with Crippen molar-refractivity contribution in [2.24, 2.45) is 0 Å². The number of benzene rings is 2. The van der Waals surface area contributed by atoms with Crippen LogP contribution in [0.3, 0.4) is 0 Å². The van der Waals surface area contributed by atoms with Gasteiger partial charge in [-0.1, -0.05) is 53.5 Å². The van der Waals surface area contributed by atoms with Crippen LogP contribution < -0.4 is 11.1 Å². The number of likely N-dealkylation sites (tertiary alicyclic amines) is 1. The number of alkyl halides is 1. The Bertz CT molecular complexity index is 1550. The minimum absolute atomic E-state index is 0.0715. The average Bonchev–Trinajstić information content (AvgIpc) is 3.47. The Balaban J connectivity index is 1.39. The van der Waals surface area contributed by atoms with Crippen molar-refractivity contribution >= 4 is 51.9 Å². The van der Waals surface area contributed by atoms with Crippen LogP contribution >= 0.6 is 23.2 Å². The van der Waals surface area contributed by atoms with E-state index in [-0.39, 0.29) is 42.5 Å². The predicted octanol–water partition coefficient (Wildman–Crippen LogP) is 4.38. The largest absolute Gasteiger partial charge is 0.383 e. The van der Waals surface area contributed by atoms with Crippen LogP contribution in [0.15, 0.2) is 55.0 Å². The van der Waals surface area contributed by atoms with Crippen LogP contribution in [-0.2, 0) is 22.7 Å². The summed E-state index contributed by atoms with van der Waals surface area (Å²) in [5.74, 6) is -1.50. The summed E-state index contributed by atoms with van der Waals surface area (Å²) in [6, 6.07) is 10.5. The predicted molar refractivity (Wildman–Crippen MR) is 141 cm³/mol. The molecule has 2 aromatic carbocycles. The second kappa shape index (κ2) is 10.5. The highest BCUT2D eigenvalue weighted by molar-refractivity contribution is 6.33. The minimum Gasteiger partial charge on any atom is -0.383 e. The topological polar surface area (TPSA) is 106 Å². The summed E-state index contributed by atoms with van der Waals surface area (Å²) in [6.45, 7) is -0.618. The molecule has 0 bridgehead atoms. The highest BCUT2D eigenvalue weighted by atomic mass is 35.5. The van der Waals surface area contributed by atoms with Gasteiger partial charge in [0, 0.05) is 40.9 Å². The molecule has 1 saturated heterocycles. The summed E-state index contributed by atoms with van der Waals surface area (Å²) in [4.78, 5) is 35.9. The molecule has 0 radical (unpaired) electrons. The van der Waals surface area contributed by atoms with E-state index in [4.69, 9.17) is 28.9 Å². The van der Waals surface area contributed by atoms with Gasteiger partial charge < -0.3 is 20.5 Å². The quantitative estimate of drug-likeness (QED) is 0.365. The smallest absolute Gasteiger partial charge is 0.243 e. The van der Waals surface area contributed by atoms with Crippen LogP contribution in [0.5, 0.6) is 0 Å². The lowest BCUT2D eigenvalue weighted by molar-refractivity contribution is -0.139. The molecule has 0 saturated carbocycles. The second-order valence-electron chi connectivity index (χ2n) is 8.93. The van der Waals surface area contributed by atoms with E-state index in [1.807, 2.05) is 12.1 Å². The normalized spacial score (nSPS) is 17.2. The van der Waals surface area contributed by atoms with E-state index >= 15 is 0 Å². The Morgan fingerprint density at radius 3 is 2.63 bits per heavy atom. The SMILES string of the molecule is Nc1ncnc2c1c(-c1ccccc1Cl)cn2CC(=O)N1C[C@H](F)C[C@@H]1C(=O)NCc1cccc(Cl)c1F. The number of anilines is 1. The molecule has 4 aromatic rings. The van der Waals surface area contributed by atoms with Crippen molar-refractivity contribution in [3.63, 3.8) is 0 Å². The summed E-state index contributed by atoms with van der Waals surface area (Å²) < 4.78 is 30.2. The van der Waals surface area contributed by atoms with E-state index in [9.17, 15) is 18.4 Å². The number of hydrogen-bond donors (Lipinski definition) is 2. The van der Waals surface area contributed by atoms with Gasteiger partial charge in [-0.25, -0.2) is 18.7 Å². The molecule has 12 heteroatoms. The van der Waals surface area contributed by atoms with E-state index in [1.165, 1.54) is 23.4 Å². The van der Waals surface area contributed by atoms with E-state index < -0.39 is 29.8 Å². The first-order valence-corrected chi connectivity index (χ1v) is 12.5. The van der Waals surface area contributed by atoms with Crippen molar-refractivity contribution in [3.8, 4) is 11.1 Å². The lowest BCUT2D eigenvalue weighted by Crippen LogP contribution is -2.46. The van der Waals surface area contributed by atoms with Crippen molar-refractivity contribution < 1.29 is 18.4 Å². The fourth-order valence-corrected chi connectivity index (χ4v) is 5.11. The van der Waals surface area contributed by atoms with Crippen molar-refractivity contribution in [1.82, 2.24) is 24.8 Å². The molecule has 196 valence electrons. The molecule has 1 aliphatic heterocycles. The third-order valence-electron chi connectivity index (χ3n) is 6.51. The van der Waals surface area contributed by atoms with Crippen LogP contribution in [0.2, 0.25) is 10.0 Å². The third kappa shape index (κ3) is 4.89. The van der Waals surface area contributed by atoms with Crippen molar-refractivity contribution in [2.45, 2.75) is 31.7 Å². The van der Waals surface area contributed by atoms with Crippen LogP contribution in [-0.4, -0.2) is 50.0 Å². The van der Waals surface area contributed by atoms with Gasteiger partial charge in [0.1, 0.15) is 42.4 Å². The van der Waals surface area contributed by atoms with Gasteiger partial charge in [-0.15, -0.1) is 0 Å². The molecule has 3 N–H and O–H groups in total. The van der Waals surface area contributed by atoms with Gasteiger partial charge in [-0.3, -0.25) is 9.59 Å². The number of nitrogens with zero attached hydrogens (tertiary/aromatic N) is 4. The first kappa shape index (κ1) is 25.9. The Hall–Kier alpha value is -3.76. The van der Waals surface area contributed by atoms with E-state index in [2.05, 4.69) is 15.3 Å². The summed E-state index contributed by atoms with van der Waals surface area (Å²) >= 11 is 12.2. The first-order chi connectivity index (χ1) is 18.2. The van der Waals surface area contributed by atoms with E-state index in [0.717, 1.165) is 0 Å². The zero-order valence-electron chi connectivity index (χ0n) is 19.9. The van der Waals surface area contributed by atoms with Gasteiger partial charge in [0.25, 0.3) is 0 Å². The van der Waals surface area contributed by atoms with Crippen molar-refractivity contribution in [1.29, 1.82) is 0 Å². The van der Waals surface area contributed by atoms with Crippen LogP contribution in [0.1, 0.15) is 12.0 Å². The molecule has 0 unspecified atom stereocenters. The summed E-state index contributed by atoms with van der Waals surface area (Å²) in [7, 11) is 0. The highest BCUT2D eigenvalue weighted by Gasteiger charge is 2.40. The Morgan fingerprint density at radius 1 is 1.08 bits per heavy atom. The number of carbonyl (C=O) groups is 2. The second-order valence-corrected chi connectivity index (χ2v) is 9.75. The number of nitrogens with two attached hydrogens (primary N) is 1. The van der Waals surface area contributed by atoms with Gasteiger partial charge in [0.05, 0.1) is 17.0 Å². The van der Waals surface area contributed by atoms with Crippen LogP contribution in [0.25, 0.3) is 22.2 Å². The number of nitrogens with one attached hydrogen (secondary N) is 1. The molecule has 3 heterocycles. The molecule has 8 nitrogen and oxygen atoms in total. The third-order valence-corrected chi connectivity index (χ3v) is 7.13. The number of rotatable bonds is 6. The van der Waals surface area contributed by atoms with Crippen LogP contribution in [0.4, 0.5) is 14.6 Å². The maximum atomic E-state index is 14.4. The van der Waals surface area contributed by atoms with Crippen molar-refractivity contribution in [3.05, 3.63) is 76.4 Å². The molecule has 5 rings (SSSR count). The van der Waals surface area contributed by atoms with Crippen LogP contribution in [0, 0.1) is 5.82 Å². The van der Waals surface area contributed by atoms with Gasteiger partial charge in [0.2, 0.25) is 11.8 Å². The number of aromatic nitrogens is 3. The summed E-state index contributed by atoms with van der Waals surface area (Å²) in [5, 5.41) is 3.52. The fraction of sp³-hybridized carbons (Fsp3) is 0.231. The molecular weight excluding hydrogens is 537 g/mol. The van der Waals surface area contributed by atoms with Gasteiger partial charge in [-0.2, -0.15) is 0 Å². The fourth-order valence-electron chi connectivity index (χ4n) is 4.68. The number of fused-ring (bicyclic) bond motifs is 1. The molecule has 0 aliphatic carbocycles. The Kier molecular flexibility index (Phi) is 7.18. The molecule has 1 fully saturated rings. The molecule has 2 atom stereocenters. The zero-order chi connectivity index (χ0) is 27.0. The number of nitrogen functional groups attached to an aromatic ring is 1. The molecule has 2 aromatic heterocycles. The van der Waals surface area contributed by atoms with Gasteiger partial charge in [-0.05, 0) is 12.1 Å². The average molecular weight is 559 g/mol. The lowest BCUT2D eigenvalue weighted by Gasteiger charge is -2.24. The number of halogens is 4. The zero-order valence-corrected chi connectivity index (χ0v) is 21.4. The molecule has 0 spiro atoms. The van der Waals surface area contributed by atoms with E-state index in [1.54, 1.807) is 29.0 Å². The monoisotopic (exact) mass is 558 g/mol. The maximum absolute atomic E-state index is 14.4. The molecule has 38 heavy (non-hydrogen) atoms. The Morgan fingerprint density at radius 2 is 1.84 bits per heavy atom. The summed E-state index contributed by atoms with van der Waals surface area (Å²) in [5.41, 5.74) is 8.05. The number of carbonyl (C=O) groups excluding carboxylic acids is 2. The maximum Gasteiger partial charge on any atom is 0.243 e. The van der Waals surface area contributed by atoms with Crippen molar-refractivity contribution in [2.75, 3.05) is 12.3 Å². The summed E-state index contributed by atoms with van der Waals surface area (Å²) in [6.07, 6.45) is 1.43.